The van der Waals surface area contributed by atoms with Gasteiger partial charge in [-0.25, -0.2) is 0 Å². The lowest BCUT2D eigenvalue weighted by molar-refractivity contribution is -0.119. The normalized spacial score (nSPS) is 10.4. The van der Waals surface area contributed by atoms with Crippen LogP contribution in [0, 0.1) is 0 Å². The van der Waals surface area contributed by atoms with Gasteiger partial charge in [0, 0.05) is 11.6 Å². The van der Waals surface area contributed by atoms with Crippen LogP contribution in [0.2, 0.25) is 5.02 Å². The van der Waals surface area contributed by atoms with Gasteiger partial charge in [-0.15, -0.1) is 10.2 Å². The van der Waals surface area contributed by atoms with Crippen LogP contribution in [-0.2, 0) is 16.1 Å². The summed E-state index contributed by atoms with van der Waals surface area (Å²) in [6.07, 6.45) is 0. The SMILES string of the molecule is O=C(CSc1nnc(NC(=O)COc2ccccc2)s1)NCc1ccccc1Cl. The molecule has 0 aliphatic rings. The first kappa shape index (κ1) is 21.1. The molecule has 0 atom stereocenters. The Labute approximate surface area is 180 Å². The fraction of sp³-hybridized carbons (Fsp3) is 0.158. The molecule has 3 rings (SSSR count). The van der Waals surface area contributed by atoms with E-state index in [1.54, 1.807) is 18.2 Å². The Morgan fingerprint density at radius 2 is 1.79 bits per heavy atom. The van der Waals surface area contributed by atoms with Gasteiger partial charge in [0.05, 0.1) is 5.75 Å². The molecule has 0 radical (unpaired) electrons. The number of rotatable bonds is 9. The molecule has 150 valence electrons. The maximum atomic E-state index is 12.0. The van der Waals surface area contributed by atoms with Gasteiger partial charge in [0.2, 0.25) is 11.0 Å². The number of amides is 2. The van der Waals surface area contributed by atoms with Crippen LogP contribution < -0.4 is 15.4 Å². The predicted molar refractivity (Wildman–Crippen MR) is 114 cm³/mol. The van der Waals surface area contributed by atoms with Crippen LogP contribution in [0.3, 0.4) is 0 Å². The summed E-state index contributed by atoms with van der Waals surface area (Å²) < 4.78 is 5.96. The van der Waals surface area contributed by atoms with Crippen molar-refractivity contribution in [3.8, 4) is 5.75 Å². The molecule has 29 heavy (non-hydrogen) atoms. The molecule has 0 bridgehead atoms. The van der Waals surface area contributed by atoms with Crippen molar-refractivity contribution in [3.05, 3.63) is 65.2 Å². The summed E-state index contributed by atoms with van der Waals surface area (Å²) in [5.41, 5.74) is 0.853. The molecule has 2 N–H and O–H groups in total. The van der Waals surface area contributed by atoms with Crippen molar-refractivity contribution in [1.82, 2.24) is 15.5 Å². The van der Waals surface area contributed by atoms with Crippen molar-refractivity contribution in [3.63, 3.8) is 0 Å². The van der Waals surface area contributed by atoms with Crippen molar-refractivity contribution in [2.24, 2.45) is 0 Å². The van der Waals surface area contributed by atoms with E-state index in [4.69, 9.17) is 16.3 Å². The van der Waals surface area contributed by atoms with E-state index in [0.717, 1.165) is 5.56 Å². The number of carbonyl (C=O) groups is 2. The molecule has 10 heteroatoms. The van der Waals surface area contributed by atoms with Crippen LogP contribution in [0.5, 0.6) is 5.75 Å². The van der Waals surface area contributed by atoms with E-state index in [9.17, 15) is 9.59 Å². The molecule has 1 aromatic heterocycles. The van der Waals surface area contributed by atoms with Crippen LogP contribution in [0.4, 0.5) is 5.13 Å². The molecule has 0 saturated carbocycles. The Kier molecular flexibility index (Phi) is 7.85. The molecule has 0 saturated heterocycles. The monoisotopic (exact) mass is 448 g/mol. The molecular formula is C19H17ClN4O3S2. The van der Waals surface area contributed by atoms with Gasteiger partial charge < -0.3 is 10.1 Å². The fourth-order valence-corrected chi connectivity index (χ4v) is 3.95. The zero-order chi connectivity index (χ0) is 20.5. The summed E-state index contributed by atoms with van der Waals surface area (Å²) in [5.74, 6) is 0.314. The van der Waals surface area contributed by atoms with Gasteiger partial charge in [-0.1, -0.05) is 71.1 Å². The Balaban J connectivity index is 1.38. The summed E-state index contributed by atoms with van der Waals surface area (Å²) in [7, 11) is 0. The third kappa shape index (κ3) is 7.04. The van der Waals surface area contributed by atoms with Crippen LogP contribution in [0.25, 0.3) is 0 Å². The number of anilines is 1. The number of thioether (sulfide) groups is 1. The molecule has 0 fully saturated rings. The van der Waals surface area contributed by atoms with E-state index in [2.05, 4.69) is 20.8 Å². The number of para-hydroxylation sites is 1. The van der Waals surface area contributed by atoms with Crippen molar-refractivity contribution in [2.75, 3.05) is 17.7 Å². The zero-order valence-corrected chi connectivity index (χ0v) is 17.5. The van der Waals surface area contributed by atoms with E-state index in [0.29, 0.717) is 26.8 Å². The lowest BCUT2D eigenvalue weighted by atomic mass is 10.2. The summed E-state index contributed by atoms with van der Waals surface area (Å²) in [6, 6.07) is 16.4. The number of hydrogen-bond donors (Lipinski definition) is 2. The second kappa shape index (κ2) is 10.8. The molecule has 0 unspecified atom stereocenters. The molecule has 2 aromatic carbocycles. The maximum absolute atomic E-state index is 12.0. The number of nitrogens with one attached hydrogen (secondary N) is 2. The number of nitrogens with zero attached hydrogens (tertiary/aromatic N) is 2. The number of ether oxygens (including phenoxy) is 1. The first-order valence-electron chi connectivity index (χ1n) is 8.54. The van der Waals surface area contributed by atoms with Crippen LogP contribution >= 0.6 is 34.7 Å². The Morgan fingerprint density at radius 3 is 2.59 bits per heavy atom. The second-order valence-corrected chi connectivity index (χ2v) is 8.29. The average Bonchev–Trinajstić information content (AvgIpc) is 3.18. The summed E-state index contributed by atoms with van der Waals surface area (Å²) in [4.78, 5) is 23.9. The third-order valence-electron chi connectivity index (χ3n) is 3.53. The highest BCUT2D eigenvalue weighted by Gasteiger charge is 2.11. The van der Waals surface area contributed by atoms with E-state index < -0.39 is 0 Å². The molecule has 0 aliphatic heterocycles. The molecule has 0 aliphatic carbocycles. The maximum Gasteiger partial charge on any atom is 0.264 e. The summed E-state index contributed by atoms with van der Waals surface area (Å²) >= 11 is 8.50. The Bertz CT molecular complexity index is 969. The van der Waals surface area contributed by atoms with Gasteiger partial charge in [0.15, 0.2) is 10.9 Å². The zero-order valence-electron chi connectivity index (χ0n) is 15.1. The largest absolute Gasteiger partial charge is 0.484 e. The predicted octanol–water partition coefficient (Wildman–Crippen LogP) is 3.62. The summed E-state index contributed by atoms with van der Waals surface area (Å²) in [5, 5.41) is 14.3. The number of hydrogen-bond acceptors (Lipinski definition) is 7. The lowest BCUT2D eigenvalue weighted by Gasteiger charge is -2.06. The average molecular weight is 449 g/mol. The van der Waals surface area contributed by atoms with Gasteiger partial charge in [0.1, 0.15) is 5.75 Å². The number of halogens is 1. The molecule has 3 aromatic rings. The number of benzene rings is 2. The molecular weight excluding hydrogens is 432 g/mol. The van der Waals surface area contributed by atoms with E-state index in [-0.39, 0.29) is 24.2 Å². The Hall–Kier alpha value is -2.62. The molecule has 7 nitrogen and oxygen atoms in total. The van der Waals surface area contributed by atoms with E-state index in [1.807, 2.05) is 36.4 Å². The van der Waals surface area contributed by atoms with Crippen LogP contribution in [0.15, 0.2) is 58.9 Å². The minimum Gasteiger partial charge on any atom is -0.484 e. The van der Waals surface area contributed by atoms with Gasteiger partial charge in [-0.05, 0) is 23.8 Å². The van der Waals surface area contributed by atoms with Crippen molar-refractivity contribution in [2.45, 2.75) is 10.9 Å². The standard InChI is InChI=1S/C19H17ClN4O3S2/c20-15-9-5-4-6-13(15)10-21-17(26)12-28-19-24-23-18(29-19)22-16(25)11-27-14-7-2-1-3-8-14/h1-9H,10-12H2,(H,21,26)(H,22,23,25). The summed E-state index contributed by atoms with van der Waals surface area (Å²) in [6.45, 7) is 0.231. The van der Waals surface area contributed by atoms with Crippen LogP contribution in [-0.4, -0.2) is 34.4 Å². The Morgan fingerprint density at radius 1 is 1.03 bits per heavy atom. The smallest absolute Gasteiger partial charge is 0.264 e. The van der Waals surface area contributed by atoms with Crippen LogP contribution in [0.1, 0.15) is 5.56 Å². The molecule has 0 spiro atoms. The highest BCUT2D eigenvalue weighted by molar-refractivity contribution is 8.01. The van der Waals surface area contributed by atoms with E-state index >= 15 is 0 Å². The first-order chi connectivity index (χ1) is 14.1. The number of aromatic nitrogens is 2. The van der Waals surface area contributed by atoms with E-state index in [1.165, 1.54) is 23.1 Å². The van der Waals surface area contributed by atoms with Gasteiger partial charge in [-0.3, -0.25) is 14.9 Å². The number of carbonyl (C=O) groups excluding carboxylic acids is 2. The topological polar surface area (TPSA) is 93.2 Å². The van der Waals surface area contributed by atoms with Gasteiger partial charge in [-0.2, -0.15) is 0 Å². The highest BCUT2D eigenvalue weighted by Crippen LogP contribution is 2.25. The van der Waals surface area contributed by atoms with Gasteiger partial charge >= 0.3 is 0 Å². The first-order valence-corrected chi connectivity index (χ1v) is 10.7. The van der Waals surface area contributed by atoms with Crippen molar-refractivity contribution in [1.29, 1.82) is 0 Å². The fourth-order valence-electron chi connectivity index (χ4n) is 2.15. The lowest BCUT2D eigenvalue weighted by Crippen LogP contribution is -2.24. The minimum absolute atomic E-state index is 0.128. The minimum atomic E-state index is -0.334. The molecule has 1 heterocycles. The highest BCUT2D eigenvalue weighted by atomic mass is 35.5. The van der Waals surface area contributed by atoms with Crippen molar-refractivity contribution >= 4 is 51.6 Å². The quantitative estimate of drug-likeness (QED) is 0.383. The van der Waals surface area contributed by atoms with Crippen molar-refractivity contribution < 1.29 is 14.3 Å². The third-order valence-corrected chi connectivity index (χ3v) is 5.87. The van der Waals surface area contributed by atoms with Gasteiger partial charge in [0.25, 0.3) is 5.91 Å². The molecule has 2 amide bonds. The second-order valence-electron chi connectivity index (χ2n) is 5.68.